The van der Waals surface area contributed by atoms with Gasteiger partial charge in [-0.15, -0.1) is 12.4 Å². The molecule has 124 valence electrons. The predicted molar refractivity (Wildman–Crippen MR) is 97.6 cm³/mol. The molecule has 1 fully saturated rings. The van der Waals surface area contributed by atoms with Crippen LogP contribution < -0.4 is 0 Å². The van der Waals surface area contributed by atoms with Gasteiger partial charge in [0.15, 0.2) is 0 Å². The van der Waals surface area contributed by atoms with Gasteiger partial charge in [0, 0.05) is 23.1 Å². The van der Waals surface area contributed by atoms with Gasteiger partial charge >= 0.3 is 0 Å². The summed E-state index contributed by atoms with van der Waals surface area (Å²) in [6.45, 7) is 3.12. The monoisotopic (exact) mass is 388 g/mol. The van der Waals surface area contributed by atoms with Gasteiger partial charge in [-0.3, -0.25) is 4.79 Å². The number of hydrogen-bond donors (Lipinski definition) is 0. The van der Waals surface area contributed by atoms with Crippen LogP contribution in [0, 0.1) is 0 Å². The topological polar surface area (TPSA) is 23.6 Å². The minimum absolute atomic E-state index is 0. The van der Waals surface area contributed by atoms with Gasteiger partial charge in [-0.25, -0.2) is 0 Å². The van der Waals surface area contributed by atoms with Gasteiger partial charge in [0.2, 0.25) is 5.91 Å². The molecule has 1 amide bonds. The third-order valence-electron chi connectivity index (χ3n) is 4.51. The van der Waals surface area contributed by atoms with Crippen molar-refractivity contribution in [3.63, 3.8) is 0 Å². The second-order valence-electron chi connectivity index (χ2n) is 6.16. The number of likely N-dealkylation sites (tertiary alicyclic amines) is 1. The number of amides is 1. The van der Waals surface area contributed by atoms with Crippen LogP contribution in [0.25, 0.3) is 0 Å². The van der Waals surface area contributed by atoms with Crippen molar-refractivity contribution in [2.75, 3.05) is 20.6 Å². The van der Waals surface area contributed by atoms with E-state index in [0.717, 1.165) is 29.4 Å². The Morgan fingerprint density at radius 2 is 1.95 bits per heavy atom. The van der Waals surface area contributed by atoms with E-state index in [-0.39, 0.29) is 18.3 Å². The van der Waals surface area contributed by atoms with E-state index in [2.05, 4.69) is 46.7 Å². The highest BCUT2D eigenvalue weighted by Crippen LogP contribution is 2.23. The lowest BCUT2D eigenvalue weighted by atomic mass is 9.95. The minimum Gasteiger partial charge on any atom is -0.338 e. The van der Waals surface area contributed by atoms with Crippen LogP contribution in [-0.4, -0.2) is 48.4 Å². The Bertz CT molecular complexity index is 478. The first-order chi connectivity index (χ1) is 9.99. The fourth-order valence-corrected chi connectivity index (χ4v) is 3.26. The molecule has 5 heteroatoms. The largest absolute Gasteiger partial charge is 0.338 e. The van der Waals surface area contributed by atoms with Crippen molar-refractivity contribution >= 4 is 34.2 Å². The van der Waals surface area contributed by atoms with Gasteiger partial charge in [-0.1, -0.05) is 28.1 Å². The Hall–Kier alpha value is -0.580. The molecular weight excluding hydrogens is 364 g/mol. The van der Waals surface area contributed by atoms with Crippen LogP contribution in [0.1, 0.15) is 31.7 Å². The zero-order valence-electron chi connectivity index (χ0n) is 13.6. The van der Waals surface area contributed by atoms with Crippen molar-refractivity contribution in [3.05, 3.63) is 34.3 Å². The molecule has 3 nitrogen and oxygen atoms in total. The third-order valence-corrected chi connectivity index (χ3v) is 5.04. The Morgan fingerprint density at radius 1 is 1.32 bits per heavy atom. The van der Waals surface area contributed by atoms with Gasteiger partial charge in [-0.2, -0.15) is 0 Å². The Kier molecular flexibility index (Phi) is 7.87. The lowest BCUT2D eigenvalue weighted by Gasteiger charge is -2.41. The predicted octanol–water partition coefficient (Wildman–Crippen LogP) is 3.74. The van der Waals surface area contributed by atoms with Crippen molar-refractivity contribution in [2.24, 2.45) is 0 Å². The van der Waals surface area contributed by atoms with Gasteiger partial charge in [0.1, 0.15) is 0 Å². The van der Waals surface area contributed by atoms with E-state index in [1.807, 2.05) is 24.3 Å². The number of carbonyl (C=O) groups is 1. The molecule has 0 bridgehead atoms. The molecule has 0 aliphatic carbocycles. The van der Waals surface area contributed by atoms with E-state index in [9.17, 15) is 4.79 Å². The summed E-state index contributed by atoms with van der Waals surface area (Å²) >= 11 is 3.43. The molecule has 1 saturated heterocycles. The van der Waals surface area contributed by atoms with Crippen LogP contribution in [0.4, 0.5) is 0 Å². The smallest absolute Gasteiger partial charge is 0.227 e. The van der Waals surface area contributed by atoms with Crippen LogP contribution in [0.5, 0.6) is 0 Å². The zero-order valence-corrected chi connectivity index (χ0v) is 16.0. The molecule has 2 rings (SSSR count). The number of carbonyl (C=O) groups excluding carboxylic acids is 1. The van der Waals surface area contributed by atoms with E-state index >= 15 is 0 Å². The quantitative estimate of drug-likeness (QED) is 0.783. The van der Waals surface area contributed by atoms with Gasteiger partial charge in [0.05, 0.1) is 6.42 Å². The standard InChI is InChI=1S/C17H25BrN2O.ClH/c1-13(19(2)3)16-6-4-5-11-20(16)17(21)12-14-7-9-15(18)10-8-14;/h7-10,13,16H,4-6,11-12H2,1-3H3;1H. The summed E-state index contributed by atoms with van der Waals surface area (Å²) in [5, 5.41) is 0. The van der Waals surface area contributed by atoms with Crippen molar-refractivity contribution in [1.29, 1.82) is 0 Å². The third kappa shape index (κ3) is 4.97. The fraction of sp³-hybridized carbons (Fsp3) is 0.588. The summed E-state index contributed by atoms with van der Waals surface area (Å²) in [6.07, 6.45) is 3.98. The number of nitrogens with zero attached hydrogens (tertiary/aromatic N) is 2. The average molecular weight is 390 g/mol. The first-order valence-electron chi connectivity index (χ1n) is 7.69. The Morgan fingerprint density at radius 3 is 2.55 bits per heavy atom. The second kappa shape index (κ2) is 8.90. The number of halogens is 2. The van der Waals surface area contributed by atoms with Crippen LogP contribution in [0.2, 0.25) is 0 Å². The summed E-state index contributed by atoms with van der Waals surface area (Å²) in [4.78, 5) is 17.0. The van der Waals surface area contributed by atoms with Crippen LogP contribution >= 0.6 is 28.3 Å². The number of benzene rings is 1. The molecule has 1 aromatic rings. The van der Waals surface area contributed by atoms with Crippen LogP contribution in [-0.2, 0) is 11.2 Å². The lowest BCUT2D eigenvalue weighted by Crippen LogP contribution is -2.53. The molecule has 1 aromatic carbocycles. The first kappa shape index (κ1) is 19.5. The van der Waals surface area contributed by atoms with Gasteiger partial charge < -0.3 is 9.80 Å². The van der Waals surface area contributed by atoms with E-state index in [1.165, 1.54) is 6.42 Å². The van der Waals surface area contributed by atoms with Gasteiger partial charge in [-0.05, 0) is 58.0 Å². The summed E-state index contributed by atoms with van der Waals surface area (Å²) in [5.41, 5.74) is 1.09. The second-order valence-corrected chi connectivity index (χ2v) is 7.07. The van der Waals surface area contributed by atoms with E-state index in [1.54, 1.807) is 0 Å². The highest BCUT2D eigenvalue weighted by molar-refractivity contribution is 9.10. The van der Waals surface area contributed by atoms with Crippen LogP contribution in [0.3, 0.4) is 0 Å². The normalized spacial score (nSPS) is 19.7. The van der Waals surface area contributed by atoms with Crippen molar-refractivity contribution in [3.8, 4) is 0 Å². The Labute approximate surface area is 148 Å². The van der Waals surface area contributed by atoms with Crippen molar-refractivity contribution in [1.82, 2.24) is 9.80 Å². The van der Waals surface area contributed by atoms with Crippen LogP contribution in [0.15, 0.2) is 28.7 Å². The Balaban J connectivity index is 0.00000242. The number of piperidine rings is 1. The summed E-state index contributed by atoms with van der Waals surface area (Å²) in [5.74, 6) is 0.260. The van der Waals surface area contributed by atoms with E-state index in [4.69, 9.17) is 0 Å². The molecule has 0 aromatic heterocycles. The maximum atomic E-state index is 12.7. The van der Waals surface area contributed by atoms with Gasteiger partial charge in [0.25, 0.3) is 0 Å². The number of likely N-dealkylation sites (N-methyl/N-ethyl adjacent to an activating group) is 1. The molecule has 1 heterocycles. The molecule has 0 saturated carbocycles. The zero-order chi connectivity index (χ0) is 15.4. The number of hydrogen-bond acceptors (Lipinski definition) is 2. The van der Waals surface area contributed by atoms with Crippen molar-refractivity contribution in [2.45, 2.75) is 44.7 Å². The molecule has 0 spiro atoms. The van der Waals surface area contributed by atoms with Crippen molar-refractivity contribution < 1.29 is 4.79 Å². The maximum absolute atomic E-state index is 12.7. The van der Waals surface area contributed by atoms with E-state index < -0.39 is 0 Å². The maximum Gasteiger partial charge on any atom is 0.227 e. The summed E-state index contributed by atoms with van der Waals surface area (Å²) in [7, 11) is 4.19. The highest BCUT2D eigenvalue weighted by Gasteiger charge is 2.31. The molecule has 0 N–H and O–H groups in total. The average Bonchev–Trinajstić information content (AvgIpc) is 2.48. The SMILES string of the molecule is CC(C1CCCCN1C(=O)Cc1ccc(Br)cc1)N(C)C.Cl. The summed E-state index contributed by atoms with van der Waals surface area (Å²) < 4.78 is 1.05. The highest BCUT2D eigenvalue weighted by atomic mass is 79.9. The molecule has 2 unspecified atom stereocenters. The molecule has 2 atom stereocenters. The van der Waals surface area contributed by atoms with E-state index in [0.29, 0.717) is 18.5 Å². The fourth-order valence-electron chi connectivity index (χ4n) is 2.99. The molecule has 1 aliphatic rings. The molecule has 22 heavy (non-hydrogen) atoms. The minimum atomic E-state index is 0. The first-order valence-corrected chi connectivity index (χ1v) is 8.48. The summed E-state index contributed by atoms with van der Waals surface area (Å²) in [6, 6.07) is 8.79. The molecule has 0 radical (unpaired) electrons. The lowest BCUT2D eigenvalue weighted by molar-refractivity contribution is -0.135. The molecular formula is C17H26BrClN2O. The number of rotatable bonds is 4. The molecule has 1 aliphatic heterocycles.